The molecule has 0 radical (unpaired) electrons. The van der Waals surface area contributed by atoms with Crippen molar-refractivity contribution in [3.05, 3.63) is 82.2 Å². The number of pyridine rings is 1. The smallest absolute Gasteiger partial charge is 0.462 e. The first-order chi connectivity index (χ1) is 22.0. The summed E-state index contributed by atoms with van der Waals surface area (Å²) in [6, 6.07) is 9.46. The Bertz CT molecular complexity index is 1740. The summed E-state index contributed by atoms with van der Waals surface area (Å²) >= 11 is 0. The summed E-state index contributed by atoms with van der Waals surface area (Å²) in [5, 5.41) is -0.463. The summed E-state index contributed by atoms with van der Waals surface area (Å²) in [5.41, 5.74) is -0.947. The van der Waals surface area contributed by atoms with E-state index in [9.17, 15) is 22.8 Å². The Kier molecular flexibility index (Phi) is 9.75. The second-order valence-electron chi connectivity index (χ2n) is 10.6. The summed E-state index contributed by atoms with van der Waals surface area (Å²) in [7, 11) is 0. The van der Waals surface area contributed by atoms with Gasteiger partial charge in [-0.25, -0.2) is 19.2 Å². The maximum atomic E-state index is 16.0. The molecule has 14 heteroatoms. The quantitative estimate of drug-likeness (QED) is 0.172. The van der Waals surface area contributed by atoms with Crippen molar-refractivity contribution < 1.29 is 31.8 Å². The van der Waals surface area contributed by atoms with Gasteiger partial charge in [-0.05, 0) is 49.8 Å². The lowest BCUT2D eigenvalue weighted by Crippen LogP contribution is -2.47. The first-order valence-electron chi connectivity index (χ1n) is 15.0. The van der Waals surface area contributed by atoms with Crippen molar-refractivity contribution >= 4 is 28.5 Å². The number of alkyl halides is 3. The molecule has 0 N–H and O–H groups in total. The highest BCUT2D eigenvalue weighted by Gasteiger charge is 2.37. The fourth-order valence-corrected chi connectivity index (χ4v) is 5.53. The van der Waals surface area contributed by atoms with E-state index >= 15 is 4.39 Å². The van der Waals surface area contributed by atoms with Crippen LogP contribution in [0, 0.1) is 5.82 Å². The van der Waals surface area contributed by atoms with E-state index in [2.05, 4.69) is 19.6 Å². The molecule has 0 saturated carbocycles. The van der Waals surface area contributed by atoms with Crippen LogP contribution in [0.1, 0.15) is 36.7 Å². The van der Waals surface area contributed by atoms with Crippen LogP contribution in [-0.2, 0) is 11.3 Å². The number of ether oxygens (including phenoxy) is 2. The molecule has 1 aliphatic heterocycles. The van der Waals surface area contributed by atoms with Crippen molar-refractivity contribution in [2.24, 2.45) is 0 Å². The van der Waals surface area contributed by atoms with Gasteiger partial charge < -0.3 is 23.8 Å². The minimum atomic E-state index is -5.23. The zero-order valence-electron chi connectivity index (χ0n) is 25.7. The van der Waals surface area contributed by atoms with Crippen molar-refractivity contribution in [1.29, 1.82) is 0 Å². The third kappa shape index (κ3) is 6.91. The van der Waals surface area contributed by atoms with Gasteiger partial charge in [-0.15, -0.1) is 13.2 Å². The SMILES string of the molecule is CCOC(=O)c1cn(-c2ccc(CN(CC)CC)cc2)c2c(OC(F)(F)F)c(N3CCN(c4ncccn4)CC3)c(F)cc2c1=O. The second kappa shape index (κ2) is 13.7. The van der Waals surface area contributed by atoms with Crippen LogP contribution >= 0.6 is 0 Å². The molecule has 2 aromatic carbocycles. The number of carbonyl (C=O) groups excluding carboxylic acids is 1. The van der Waals surface area contributed by atoms with Crippen LogP contribution < -0.4 is 20.0 Å². The minimum Gasteiger partial charge on any atom is -0.462 e. The molecule has 0 aliphatic carbocycles. The van der Waals surface area contributed by atoms with Gasteiger partial charge in [0.1, 0.15) is 16.8 Å². The van der Waals surface area contributed by atoms with Gasteiger partial charge in [-0.1, -0.05) is 26.0 Å². The molecule has 1 saturated heterocycles. The number of rotatable bonds is 10. The van der Waals surface area contributed by atoms with Gasteiger partial charge in [0.25, 0.3) is 0 Å². The maximum Gasteiger partial charge on any atom is 0.573 e. The molecule has 5 rings (SSSR count). The number of anilines is 2. The minimum absolute atomic E-state index is 0.0495. The van der Waals surface area contributed by atoms with E-state index in [1.165, 1.54) is 9.47 Å². The number of carbonyl (C=O) groups is 1. The van der Waals surface area contributed by atoms with E-state index < -0.39 is 46.0 Å². The predicted molar refractivity (Wildman–Crippen MR) is 165 cm³/mol. The number of hydrogen-bond donors (Lipinski definition) is 0. The average Bonchev–Trinajstić information content (AvgIpc) is 3.04. The summed E-state index contributed by atoms with van der Waals surface area (Å²) in [6.07, 6.45) is -0.957. The van der Waals surface area contributed by atoms with Gasteiger partial charge in [0.15, 0.2) is 11.6 Å². The van der Waals surface area contributed by atoms with Crippen LogP contribution in [0.4, 0.5) is 29.2 Å². The molecule has 2 aromatic heterocycles. The molecule has 0 amide bonds. The number of nitrogens with zero attached hydrogens (tertiary/aromatic N) is 6. The van der Waals surface area contributed by atoms with Crippen LogP contribution in [0.2, 0.25) is 0 Å². The fourth-order valence-electron chi connectivity index (χ4n) is 5.53. The highest BCUT2D eigenvalue weighted by atomic mass is 19.4. The molecule has 4 aromatic rings. The van der Waals surface area contributed by atoms with Gasteiger partial charge in [0.05, 0.1) is 12.0 Å². The van der Waals surface area contributed by atoms with Crippen LogP contribution in [-0.4, -0.2) is 77.6 Å². The topological polar surface area (TPSA) is 93.0 Å². The van der Waals surface area contributed by atoms with E-state index in [0.717, 1.165) is 30.9 Å². The number of benzene rings is 2. The Hall–Kier alpha value is -4.72. The standard InChI is InChI=1S/C32H34F4N6O4/c1-4-39(5-2)19-21-8-10-22(11-9-21)42-20-24(30(44)45-6-3)28(43)23-18-25(33)27(29(26(23)42)46-32(34,35)36)40-14-16-41(17-15-40)31-37-12-7-13-38-31/h7-13,18,20H,4-6,14-17,19H2,1-3H3. The number of esters is 1. The van der Waals surface area contributed by atoms with Gasteiger partial charge in [0, 0.05) is 57.0 Å². The first-order valence-corrected chi connectivity index (χ1v) is 15.0. The fraction of sp³-hybridized carbons (Fsp3) is 0.375. The Balaban J connectivity index is 1.69. The highest BCUT2D eigenvalue weighted by Crippen LogP contribution is 2.42. The summed E-state index contributed by atoms with van der Waals surface area (Å²) in [6.45, 7) is 8.67. The normalized spacial score (nSPS) is 13.8. The predicted octanol–water partition coefficient (Wildman–Crippen LogP) is 5.16. The number of piperazine rings is 1. The van der Waals surface area contributed by atoms with Crippen molar-refractivity contribution in [2.45, 2.75) is 33.7 Å². The molecule has 0 bridgehead atoms. The van der Waals surface area contributed by atoms with Crippen molar-refractivity contribution in [1.82, 2.24) is 19.4 Å². The number of hydrogen-bond acceptors (Lipinski definition) is 9. The third-order valence-corrected chi connectivity index (χ3v) is 7.83. The molecule has 244 valence electrons. The van der Waals surface area contributed by atoms with Gasteiger partial charge in [-0.2, -0.15) is 0 Å². The van der Waals surface area contributed by atoms with Gasteiger partial charge in [0.2, 0.25) is 11.4 Å². The number of fused-ring (bicyclic) bond motifs is 1. The van der Waals surface area contributed by atoms with Gasteiger partial charge in [-0.3, -0.25) is 9.69 Å². The monoisotopic (exact) mass is 642 g/mol. The van der Waals surface area contributed by atoms with Gasteiger partial charge >= 0.3 is 12.3 Å². The Labute approximate surface area is 262 Å². The molecule has 0 unspecified atom stereocenters. The third-order valence-electron chi connectivity index (χ3n) is 7.83. The first kappa shape index (κ1) is 32.7. The lowest BCUT2D eigenvalue weighted by atomic mass is 10.1. The molecule has 0 spiro atoms. The van der Waals surface area contributed by atoms with E-state index in [4.69, 9.17) is 4.74 Å². The Morgan fingerprint density at radius 3 is 2.20 bits per heavy atom. The number of aromatic nitrogens is 3. The van der Waals surface area contributed by atoms with Crippen LogP contribution in [0.5, 0.6) is 5.75 Å². The summed E-state index contributed by atoms with van der Waals surface area (Å²) < 4.78 is 69.1. The van der Waals surface area contributed by atoms with E-state index in [0.29, 0.717) is 18.2 Å². The molecule has 3 heterocycles. The summed E-state index contributed by atoms with van der Waals surface area (Å²) in [4.78, 5) is 40.3. The molecule has 0 atom stereocenters. The summed E-state index contributed by atoms with van der Waals surface area (Å²) in [5.74, 6) is -2.52. The zero-order chi connectivity index (χ0) is 33.0. The lowest BCUT2D eigenvalue weighted by Gasteiger charge is -2.37. The lowest BCUT2D eigenvalue weighted by molar-refractivity contribution is -0.274. The second-order valence-corrected chi connectivity index (χ2v) is 10.6. The molecular weight excluding hydrogens is 608 g/mol. The Morgan fingerprint density at radius 2 is 1.61 bits per heavy atom. The maximum absolute atomic E-state index is 16.0. The average molecular weight is 643 g/mol. The zero-order valence-corrected chi connectivity index (χ0v) is 25.7. The van der Waals surface area contributed by atoms with E-state index in [1.54, 1.807) is 49.6 Å². The van der Waals surface area contributed by atoms with Crippen molar-refractivity contribution in [3.63, 3.8) is 0 Å². The largest absolute Gasteiger partial charge is 0.573 e. The van der Waals surface area contributed by atoms with Crippen molar-refractivity contribution in [2.75, 3.05) is 55.7 Å². The van der Waals surface area contributed by atoms with Crippen LogP contribution in [0.15, 0.2) is 59.8 Å². The molecule has 10 nitrogen and oxygen atoms in total. The van der Waals surface area contributed by atoms with E-state index in [-0.39, 0.29) is 38.3 Å². The van der Waals surface area contributed by atoms with E-state index in [1.807, 2.05) is 18.7 Å². The van der Waals surface area contributed by atoms with Crippen LogP contribution in [0.3, 0.4) is 0 Å². The molecule has 1 fully saturated rings. The molecule has 1 aliphatic rings. The van der Waals surface area contributed by atoms with Crippen molar-refractivity contribution in [3.8, 4) is 11.4 Å². The Morgan fingerprint density at radius 1 is 0.978 bits per heavy atom. The highest BCUT2D eigenvalue weighted by molar-refractivity contribution is 5.98. The number of halogens is 4. The molecular formula is C32H34F4N6O4. The molecule has 46 heavy (non-hydrogen) atoms. The van der Waals surface area contributed by atoms with Crippen LogP contribution in [0.25, 0.3) is 16.6 Å².